The normalized spacial score (nSPS) is 15.0. The van der Waals surface area contributed by atoms with Crippen molar-refractivity contribution in [3.63, 3.8) is 0 Å². The van der Waals surface area contributed by atoms with E-state index in [0.717, 1.165) is 37.8 Å². The third kappa shape index (κ3) is 2.85. The fourth-order valence-electron chi connectivity index (χ4n) is 2.71. The van der Waals surface area contributed by atoms with Crippen molar-refractivity contribution in [2.75, 3.05) is 43.6 Å². The molecule has 0 aliphatic carbocycles. The monoisotopic (exact) mass is 283 g/mol. The number of benzene rings is 1. The van der Waals surface area contributed by atoms with Crippen LogP contribution in [0.4, 0.5) is 11.5 Å². The number of nitrogens with zero attached hydrogens (tertiary/aromatic N) is 2. The predicted molar refractivity (Wildman–Crippen MR) is 87.0 cm³/mol. The molecule has 0 saturated carbocycles. The summed E-state index contributed by atoms with van der Waals surface area (Å²) in [6.45, 7) is 5.49. The summed E-state index contributed by atoms with van der Waals surface area (Å²) >= 11 is 0. The Morgan fingerprint density at radius 1 is 1.14 bits per heavy atom. The van der Waals surface area contributed by atoms with Crippen molar-refractivity contribution in [3.8, 4) is 11.1 Å². The molecule has 0 amide bonds. The summed E-state index contributed by atoms with van der Waals surface area (Å²) in [6.07, 6.45) is 1.92. The van der Waals surface area contributed by atoms with Crippen LogP contribution in [-0.2, 0) is 4.74 Å². The predicted octanol–water partition coefficient (Wildman–Crippen LogP) is 2.94. The third-order valence-corrected chi connectivity index (χ3v) is 3.93. The van der Waals surface area contributed by atoms with Gasteiger partial charge in [-0.25, -0.2) is 4.98 Å². The number of anilines is 2. The minimum absolute atomic E-state index is 0.773. The Morgan fingerprint density at radius 3 is 2.62 bits per heavy atom. The molecule has 0 bridgehead atoms. The van der Waals surface area contributed by atoms with Crippen molar-refractivity contribution in [1.82, 2.24) is 4.98 Å². The van der Waals surface area contributed by atoms with Crippen LogP contribution in [0.25, 0.3) is 11.1 Å². The van der Waals surface area contributed by atoms with Crippen LogP contribution in [0, 0.1) is 6.92 Å². The molecule has 1 fully saturated rings. The first-order valence-electron chi connectivity index (χ1n) is 7.36. The minimum Gasteiger partial charge on any atom is -0.386 e. The highest BCUT2D eigenvalue weighted by Crippen LogP contribution is 2.32. The van der Waals surface area contributed by atoms with Crippen LogP contribution in [0.3, 0.4) is 0 Å². The van der Waals surface area contributed by atoms with Gasteiger partial charge in [-0.3, -0.25) is 0 Å². The Bertz CT molecular complexity index is 621. The van der Waals surface area contributed by atoms with Gasteiger partial charge in [-0.2, -0.15) is 0 Å². The van der Waals surface area contributed by atoms with Gasteiger partial charge < -0.3 is 15.0 Å². The molecule has 0 spiro atoms. The lowest BCUT2D eigenvalue weighted by Gasteiger charge is -2.28. The molecule has 1 aliphatic heterocycles. The maximum Gasteiger partial charge on any atom is 0.129 e. The Kier molecular flexibility index (Phi) is 4.06. The second kappa shape index (κ2) is 6.14. The second-order valence-electron chi connectivity index (χ2n) is 5.25. The smallest absolute Gasteiger partial charge is 0.129 e. The van der Waals surface area contributed by atoms with Gasteiger partial charge in [0, 0.05) is 25.7 Å². The Hall–Kier alpha value is -2.07. The molecule has 1 aliphatic rings. The number of aryl methyl sites for hydroxylation is 1. The van der Waals surface area contributed by atoms with E-state index in [2.05, 4.69) is 52.5 Å². The average Bonchev–Trinajstić information content (AvgIpc) is 2.55. The molecule has 0 radical (unpaired) electrons. The number of pyridine rings is 1. The highest BCUT2D eigenvalue weighted by molar-refractivity contribution is 5.81. The molecule has 110 valence electrons. The molecule has 2 heterocycles. The zero-order chi connectivity index (χ0) is 14.7. The van der Waals surface area contributed by atoms with Gasteiger partial charge in [0.05, 0.1) is 25.1 Å². The first-order valence-corrected chi connectivity index (χ1v) is 7.36. The fourth-order valence-corrected chi connectivity index (χ4v) is 2.71. The Morgan fingerprint density at radius 2 is 1.90 bits per heavy atom. The molecule has 1 aromatic carbocycles. The number of morpholine rings is 1. The standard InChI is InChI=1S/C17H21N3O/c1-13-5-3-4-6-14(13)15-11-17(19-12-16(15)18-2)20-7-9-21-10-8-20/h3-6,11-12,18H,7-10H2,1-2H3. The molecule has 1 N–H and O–H groups in total. The van der Waals surface area contributed by atoms with Crippen LogP contribution in [-0.4, -0.2) is 38.3 Å². The zero-order valence-corrected chi connectivity index (χ0v) is 12.6. The minimum atomic E-state index is 0.773. The summed E-state index contributed by atoms with van der Waals surface area (Å²) in [6, 6.07) is 10.6. The number of hydrogen-bond donors (Lipinski definition) is 1. The second-order valence-corrected chi connectivity index (χ2v) is 5.25. The Balaban J connectivity index is 2.03. The van der Waals surface area contributed by atoms with Crippen LogP contribution in [0.15, 0.2) is 36.5 Å². The van der Waals surface area contributed by atoms with Crippen LogP contribution in [0.5, 0.6) is 0 Å². The van der Waals surface area contributed by atoms with Crippen LogP contribution < -0.4 is 10.2 Å². The van der Waals surface area contributed by atoms with Gasteiger partial charge in [0.1, 0.15) is 5.82 Å². The zero-order valence-electron chi connectivity index (χ0n) is 12.6. The first kappa shape index (κ1) is 13.9. The van der Waals surface area contributed by atoms with E-state index in [1.165, 1.54) is 16.7 Å². The molecule has 2 aromatic rings. The van der Waals surface area contributed by atoms with Crippen molar-refractivity contribution in [2.45, 2.75) is 6.92 Å². The van der Waals surface area contributed by atoms with Gasteiger partial charge in [0.15, 0.2) is 0 Å². The molecule has 4 nitrogen and oxygen atoms in total. The number of rotatable bonds is 3. The van der Waals surface area contributed by atoms with Gasteiger partial charge in [-0.1, -0.05) is 24.3 Å². The molecular weight excluding hydrogens is 262 g/mol. The maximum absolute atomic E-state index is 5.42. The first-order chi connectivity index (χ1) is 10.3. The van der Waals surface area contributed by atoms with Crippen molar-refractivity contribution < 1.29 is 4.74 Å². The summed E-state index contributed by atoms with van der Waals surface area (Å²) in [7, 11) is 1.94. The summed E-state index contributed by atoms with van der Waals surface area (Å²) in [4.78, 5) is 6.88. The molecule has 0 atom stereocenters. The van der Waals surface area contributed by atoms with Crippen molar-refractivity contribution >= 4 is 11.5 Å². The number of hydrogen-bond acceptors (Lipinski definition) is 4. The SMILES string of the molecule is CNc1cnc(N2CCOCC2)cc1-c1ccccc1C. The number of ether oxygens (including phenoxy) is 1. The van der Waals surface area contributed by atoms with Crippen LogP contribution in [0.2, 0.25) is 0 Å². The van der Waals surface area contributed by atoms with E-state index in [1.807, 2.05) is 13.2 Å². The van der Waals surface area contributed by atoms with E-state index in [1.54, 1.807) is 0 Å². The lowest BCUT2D eigenvalue weighted by atomic mass is 10.00. The van der Waals surface area contributed by atoms with E-state index in [9.17, 15) is 0 Å². The molecule has 21 heavy (non-hydrogen) atoms. The lowest BCUT2D eigenvalue weighted by Crippen LogP contribution is -2.36. The maximum atomic E-state index is 5.42. The fraction of sp³-hybridized carbons (Fsp3) is 0.353. The van der Waals surface area contributed by atoms with E-state index in [0.29, 0.717) is 0 Å². The summed E-state index contributed by atoms with van der Waals surface area (Å²) < 4.78 is 5.42. The van der Waals surface area contributed by atoms with E-state index in [-0.39, 0.29) is 0 Å². The Labute approximate surface area is 125 Å². The van der Waals surface area contributed by atoms with E-state index in [4.69, 9.17) is 4.74 Å². The topological polar surface area (TPSA) is 37.4 Å². The average molecular weight is 283 g/mol. The number of nitrogens with one attached hydrogen (secondary N) is 1. The van der Waals surface area contributed by atoms with Gasteiger partial charge >= 0.3 is 0 Å². The highest BCUT2D eigenvalue weighted by Gasteiger charge is 2.15. The largest absolute Gasteiger partial charge is 0.386 e. The summed E-state index contributed by atoms with van der Waals surface area (Å²) in [5.41, 5.74) is 4.78. The number of aromatic nitrogens is 1. The van der Waals surface area contributed by atoms with Crippen LogP contribution in [0.1, 0.15) is 5.56 Å². The van der Waals surface area contributed by atoms with Crippen molar-refractivity contribution in [3.05, 3.63) is 42.1 Å². The van der Waals surface area contributed by atoms with Gasteiger partial charge in [-0.05, 0) is 24.1 Å². The molecular formula is C17H21N3O. The lowest BCUT2D eigenvalue weighted by molar-refractivity contribution is 0.122. The summed E-state index contributed by atoms with van der Waals surface area (Å²) in [5, 5.41) is 3.25. The molecule has 1 aromatic heterocycles. The van der Waals surface area contributed by atoms with Gasteiger partial charge in [0.25, 0.3) is 0 Å². The molecule has 4 heteroatoms. The van der Waals surface area contributed by atoms with Gasteiger partial charge in [0.2, 0.25) is 0 Å². The molecule has 1 saturated heterocycles. The third-order valence-electron chi connectivity index (χ3n) is 3.93. The van der Waals surface area contributed by atoms with Crippen molar-refractivity contribution in [2.24, 2.45) is 0 Å². The van der Waals surface area contributed by atoms with Crippen LogP contribution >= 0.6 is 0 Å². The van der Waals surface area contributed by atoms with E-state index >= 15 is 0 Å². The van der Waals surface area contributed by atoms with E-state index < -0.39 is 0 Å². The van der Waals surface area contributed by atoms with Gasteiger partial charge in [-0.15, -0.1) is 0 Å². The molecule has 0 unspecified atom stereocenters. The summed E-state index contributed by atoms with van der Waals surface area (Å²) in [5.74, 6) is 1.02. The quantitative estimate of drug-likeness (QED) is 0.940. The molecule has 3 rings (SSSR count). The highest BCUT2D eigenvalue weighted by atomic mass is 16.5. The van der Waals surface area contributed by atoms with Crippen molar-refractivity contribution in [1.29, 1.82) is 0 Å².